The SMILES string of the molecule is CCCCCC(C)O[Si](CC)(CC)OCCCC. The molecular formula is C15H34O2Si. The Bertz CT molecular complexity index is 181. The molecule has 0 fully saturated rings. The topological polar surface area (TPSA) is 18.5 Å². The third kappa shape index (κ3) is 7.55. The van der Waals surface area contributed by atoms with Crippen LogP contribution in [0.5, 0.6) is 0 Å². The number of unbranched alkanes of at least 4 members (excludes halogenated alkanes) is 3. The van der Waals surface area contributed by atoms with Crippen LogP contribution in [-0.2, 0) is 8.85 Å². The maximum Gasteiger partial charge on any atom is 0.337 e. The first kappa shape index (κ1) is 18.1. The van der Waals surface area contributed by atoms with Crippen LogP contribution in [0.3, 0.4) is 0 Å². The van der Waals surface area contributed by atoms with Crippen molar-refractivity contribution in [2.75, 3.05) is 6.61 Å². The Morgan fingerprint density at radius 1 is 0.889 bits per heavy atom. The van der Waals surface area contributed by atoms with Crippen LogP contribution in [0.15, 0.2) is 0 Å². The molecule has 0 aromatic rings. The molecule has 1 atom stereocenters. The van der Waals surface area contributed by atoms with Crippen LogP contribution in [0, 0.1) is 0 Å². The lowest BCUT2D eigenvalue weighted by atomic mass is 10.1. The van der Waals surface area contributed by atoms with E-state index in [1.54, 1.807) is 0 Å². The van der Waals surface area contributed by atoms with Crippen molar-refractivity contribution in [3.8, 4) is 0 Å². The van der Waals surface area contributed by atoms with E-state index in [1.807, 2.05) is 0 Å². The molecule has 18 heavy (non-hydrogen) atoms. The summed E-state index contributed by atoms with van der Waals surface area (Å²) < 4.78 is 12.5. The molecule has 0 aromatic carbocycles. The van der Waals surface area contributed by atoms with Crippen LogP contribution in [0.4, 0.5) is 0 Å². The van der Waals surface area contributed by atoms with Crippen molar-refractivity contribution in [3.63, 3.8) is 0 Å². The second kappa shape index (κ2) is 11.0. The molecule has 0 aromatic heterocycles. The van der Waals surface area contributed by atoms with E-state index < -0.39 is 8.56 Å². The summed E-state index contributed by atoms with van der Waals surface area (Å²) >= 11 is 0. The van der Waals surface area contributed by atoms with Crippen molar-refractivity contribution in [2.24, 2.45) is 0 Å². The highest BCUT2D eigenvalue weighted by molar-refractivity contribution is 6.67. The first-order chi connectivity index (χ1) is 8.64. The quantitative estimate of drug-likeness (QED) is 0.356. The minimum Gasteiger partial charge on any atom is -0.394 e. The molecule has 0 spiro atoms. The monoisotopic (exact) mass is 274 g/mol. The van der Waals surface area contributed by atoms with E-state index in [9.17, 15) is 0 Å². The van der Waals surface area contributed by atoms with E-state index in [0.29, 0.717) is 6.10 Å². The minimum absolute atomic E-state index is 0.366. The summed E-state index contributed by atoms with van der Waals surface area (Å²) in [6, 6.07) is 2.15. The van der Waals surface area contributed by atoms with E-state index in [0.717, 1.165) is 25.1 Å². The van der Waals surface area contributed by atoms with Crippen LogP contribution in [0.1, 0.15) is 73.1 Å². The molecule has 2 nitrogen and oxygen atoms in total. The summed E-state index contributed by atoms with van der Waals surface area (Å²) in [4.78, 5) is 0. The van der Waals surface area contributed by atoms with E-state index in [-0.39, 0.29) is 0 Å². The zero-order valence-electron chi connectivity index (χ0n) is 13.3. The molecule has 0 bridgehead atoms. The van der Waals surface area contributed by atoms with Crippen LogP contribution in [-0.4, -0.2) is 21.3 Å². The third-order valence-electron chi connectivity index (χ3n) is 3.57. The fourth-order valence-electron chi connectivity index (χ4n) is 2.16. The summed E-state index contributed by atoms with van der Waals surface area (Å²) in [6.45, 7) is 12.0. The average molecular weight is 275 g/mol. The van der Waals surface area contributed by atoms with Gasteiger partial charge in [-0.1, -0.05) is 53.4 Å². The maximum absolute atomic E-state index is 6.35. The minimum atomic E-state index is -1.90. The fraction of sp³-hybridized carbons (Fsp3) is 1.00. The normalized spacial score (nSPS) is 13.8. The summed E-state index contributed by atoms with van der Waals surface area (Å²) in [5, 5.41) is 0. The molecule has 0 saturated heterocycles. The summed E-state index contributed by atoms with van der Waals surface area (Å²) in [6.07, 6.45) is 7.78. The highest BCUT2D eigenvalue weighted by Gasteiger charge is 2.35. The molecule has 0 aliphatic heterocycles. The molecule has 0 N–H and O–H groups in total. The smallest absolute Gasteiger partial charge is 0.337 e. The van der Waals surface area contributed by atoms with E-state index in [1.165, 1.54) is 32.1 Å². The van der Waals surface area contributed by atoms with E-state index in [4.69, 9.17) is 8.85 Å². The zero-order chi connectivity index (χ0) is 13.9. The summed E-state index contributed by atoms with van der Waals surface area (Å²) in [7, 11) is -1.90. The van der Waals surface area contributed by atoms with E-state index in [2.05, 4.69) is 34.6 Å². The predicted octanol–water partition coefficient (Wildman–Crippen LogP) is 5.27. The van der Waals surface area contributed by atoms with Crippen LogP contribution in [0.25, 0.3) is 0 Å². The Kier molecular flexibility index (Phi) is 11.1. The van der Waals surface area contributed by atoms with Gasteiger partial charge in [0.25, 0.3) is 0 Å². The van der Waals surface area contributed by atoms with Crippen LogP contribution in [0.2, 0.25) is 12.1 Å². The Labute approximate surface area is 116 Å². The largest absolute Gasteiger partial charge is 0.394 e. The van der Waals surface area contributed by atoms with Gasteiger partial charge in [0, 0.05) is 12.7 Å². The first-order valence-corrected chi connectivity index (χ1v) is 10.2. The molecular weight excluding hydrogens is 240 g/mol. The van der Waals surface area contributed by atoms with Crippen molar-refractivity contribution >= 4 is 8.56 Å². The number of hydrogen-bond acceptors (Lipinski definition) is 2. The number of hydrogen-bond donors (Lipinski definition) is 0. The Morgan fingerprint density at radius 3 is 2.00 bits per heavy atom. The third-order valence-corrected chi connectivity index (χ3v) is 7.29. The molecule has 110 valence electrons. The molecule has 0 aliphatic rings. The summed E-state index contributed by atoms with van der Waals surface area (Å²) in [5.41, 5.74) is 0. The van der Waals surface area contributed by atoms with Gasteiger partial charge in [-0.2, -0.15) is 0 Å². The lowest BCUT2D eigenvalue weighted by Crippen LogP contribution is -2.43. The van der Waals surface area contributed by atoms with Gasteiger partial charge >= 0.3 is 8.56 Å². The second-order valence-corrected chi connectivity index (χ2v) is 9.00. The van der Waals surface area contributed by atoms with Gasteiger partial charge < -0.3 is 8.85 Å². The van der Waals surface area contributed by atoms with Gasteiger partial charge in [0.05, 0.1) is 0 Å². The molecule has 1 unspecified atom stereocenters. The Balaban J connectivity index is 4.13. The molecule has 3 heteroatoms. The van der Waals surface area contributed by atoms with Crippen molar-refractivity contribution in [1.82, 2.24) is 0 Å². The zero-order valence-corrected chi connectivity index (χ0v) is 14.3. The van der Waals surface area contributed by atoms with Gasteiger partial charge in [0.2, 0.25) is 0 Å². The molecule has 0 rings (SSSR count). The summed E-state index contributed by atoms with van der Waals surface area (Å²) in [5.74, 6) is 0. The maximum atomic E-state index is 6.35. The van der Waals surface area contributed by atoms with Gasteiger partial charge in [-0.25, -0.2) is 0 Å². The van der Waals surface area contributed by atoms with Crippen LogP contribution >= 0.6 is 0 Å². The van der Waals surface area contributed by atoms with Gasteiger partial charge in [0.15, 0.2) is 0 Å². The lowest BCUT2D eigenvalue weighted by molar-refractivity contribution is 0.114. The van der Waals surface area contributed by atoms with Crippen molar-refractivity contribution in [2.45, 2.75) is 91.3 Å². The highest BCUT2D eigenvalue weighted by atomic mass is 28.4. The lowest BCUT2D eigenvalue weighted by Gasteiger charge is -2.32. The number of rotatable bonds is 12. The van der Waals surface area contributed by atoms with Gasteiger partial charge in [-0.05, 0) is 31.9 Å². The van der Waals surface area contributed by atoms with Gasteiger partial charge in [-0.15, -0.1) is 0 Å². The Hall–Kier alpha value is 0.137. The standard InChI is InChI=1S/C15H34O2Si/c1-6-10-12-13-15(5)17-18(8-3,9-4)16-14-11-7-2/h15H,6-14H2,1-5H3. The molecule has 0 amide bonds. The molecule has 0 saturated carbocycles. The predicted molar refractivity (Wildman–Crippen MR) is 82.3 cm³/mol. The second-order valence-electron chi connectivity index (χ2n) is 5.24. The van der Waals surface area contributed by atoms with Gasteiger partial charge in [0.1, 0.15) is 0 Å². The Morgan fingerprint density at radius 2 is 1.50 bits per heavy atom. The average Bonchev–Trinajstić information content (AvgIpc) is 2.38. The highest BCUT2D eigenvalue weighted by Crippen LogP contribution is 2.23. The van der Waals surface area contributed by atoms with Crippen molar-refractivity contribution < 1.29 is 8.85 Å². The fourth-order valence-corrected chi connectivity index (χ4v) is 4.84. The van der Waals surface area contributed by atoms with Crippen molar-refractivity contribution in [3.05, 3.63) is 0 Å². The van der Waals surface area contributed by atoms with E-state index >= 15 is 0 Å². The molecule has 0 aliphatic carbocycles. The van der Waals surface area contributed by atoms with Crippen LogP contribution < -0.4 is 0 Å². The van der Waals surface area contributed by atoms with Crippen molar-refractivity contribution in [1.29, 1.82) is 0 Å². The molecule has 0 radical (unpaired) electrons. The van der Waals surface area contributed by atoms with Gasteiger partial charge in [-0.3, -0.25) is 0 Å². The molecule has 0 heterocycles. The first-order valence-electron chi connectivity index (χ1n) is 7.95.